The van der Waals surface area contributed by atoms with E-state index in [-0.39, 0.29) is 6.10 Å². The van der Waals surface area contributed by atoms with Crippen LogP contribution in [0.3, 0.4) is 0 Å². The fourth-order valence-electron chi connectivity index (χ4n) is 3.92. The van der Waals surface area contributed by atoms with Gasteiger partial charge in [-0.3, -0.25) is 0 Å². The van der Waals surface area contributed by atoms with E-state index in [1.165, 1.54) is 37.7 Å². The molecule has 0 unspecified atom stereocenters. The normalized spacial score (nSPS) is 37.5. The molecular formula is C16H22O. The summed E-state index contributed by atoms with van der Waals surface area (Å²) in [6.45, 7) is 0. The lowest BCUT2D eigenvalue weighted by Gasteiger charge is -2.42. The number of fused-ring (bicyclic) bond motifs is 1. The van der Waals surface area contributed by atoms with Crippen LogP contribution in [0.2, 0.25) is 0 Å². The van der Waals surface area contributed by atoms with Crippen molar-refractivity contribution >= 4 is 0 Å². The number of hydrogen-bond acceptors (Lipinski definition) is 1. The number of hydrogen-bond donors (Lipinski definition) is 1. The van der Waals surface area contributed by atoms with Crippen LogP contribution in [0.15, 0.2) is 30.3 Å². The van der Waals surface area contributed by atoms with Gasteiger partial charge in [-0.2, -0.15) is 0 Å². The first-order chi connectivity index (χ1) is 8.34. The van der Waals surface area contributed by atoms with Gasteiger partial charge in [0.1, 0.15) is 0 Å². The van der Waals surface area contributed by atoms with E-state index in [1.54, 1.807) is 0 Å². The molecule has 0 amide bonds. The Bertz CT molecular complexity index is 359. The van der Waals surface area contributed by atoms with Gasteiger partial charge in [0.25, 0.3) is 0 Å². The van der Waals surface area contributed by atoms with E-state index in [2.05, 4.69) is 30.3 Å². The summed E-state index contributed by atoms with van der Waals surface area (Å²) in [4.78, 5) is 0. The molecule has 1 heteroatoms. The second-order valence-corrected chi connectivity index (χ2v) is 5.86. The van der Waals surface area contributed by atoms with Crippen LogP contribution in [0.5, 0.6) is 0 Å². The van der Waals surface area contributed by atoms with E-state index in [0.29, 0.717) is 5.92 Å². The van der Waals surface area contributed by atoms with Crippen LogP contribution in [-0.2, 0) is 0 Å². The first kappa shape index (κ1) is 11.3. The molecule has 0 spiro atoms. The van der Waals surface area contributed by atoms with Crippen molar-refractivity contribution in [2.75, 3.05) is 0 Å². The smallest absolute Gasteiger partial charge is 0.0611 e. The molecule has 1 aromatic carbocycles. The van der Waals surface area contributed by atoms with E-state index in [0.717, 1.165) is 18.3 Å². The molecule has 1 aromatic rings. The van der Waals surface area contributed by atoms with Crippen LogP contribution in [0.25, 0.3) is 0 Å². The van der Waals surface area contributed by atoms with Gasteiger partial charge >= 0.3 is 0 Å². The third kappa shape index (κ3) is 2.26. The highest BCUT2D eigenvalue weighted by Crippen LogP contribution is 2.46. The zero-order chi connectivity index (χ0) is 11.7. The molecule has 2 fully saturated rings. The van der Waals surface area contributed by atoms with Crippen LogP contribution in [0, 0.1) is 11.8 Å². The van der Waals surface area contributed by atoms with Crippen LogP contribution in [-0.4, -0.2) is 11.2 Å². The third-order valence-corrected chi connectivity index (χ3v) is 4.86. The topological polar surface area (TPSA) is 20.2 Å². The van der Waals surface area contributed by atoms with Gasteiger partial charge in [-0.15, -0.1) is 0 Å². The van der Waals surface area contributed by atoms with Gasteiger partial charge in [-0.1, -0.05) is 56.0 Å². The first-order valence-electron chi connectivity index (χ1n) is 7.07. The molecule has 1 N–H and O–H groups in total. The molecule has 0 aromatic heterocycles. The van der Waals surface area contributed by atoms with Crippen LogP contribution in [0.4, 0.5) is 0 Å². The average molecular weight is 230 g/mol. The number of rotatable bonds is 1. The van der Waals surface area contributed by atoms with Crippen molar-refractivity contribution in [3.05, 3.63) is 35.9 Å². The lowest BCUT2D eigenvalue weighted by molar-refractivity contribution is 0.0294. The van der Waals surface area contributed by atoms with Crippen LogP contribution in [0.1, 0.15) is 50.0 Å². The standard InChI is InChI=1S/C16H22O/c17-16-11-14-9-5-4-8-13(14)10-15(16)12-6-2-1-3-7-12/h1-3,6-7,13-17H,4-5,8-11H2/t13-,14-,15-,16-/m1/s1. The average Bonchev–Trinajstić information content (AvgIpc) is 2.39. The van der Waals surface area contributed by atoms with Gasteiger partial charge in [0.2, 0.25) is 0 Å². The predicted molar refractivity (Wildman–Crippen MR) is 69.9 cm³/mol. The maximum Gasteiger partial charge on any atom is 0.0611 e. The largest absolute Gasteiger partial charge is 0.392 e. The molecule has 0 aliphatic heterocycles. The quantitative estimate of drug-likeness (QED) is 0.779. The molecular weight excluding hydrogens is 208 g/mol. The molecule has 0 bridgehead atoms. The minimum absolute atomic E-state index is 0.114. The van der Waals surface area contributed by atoms with Crippen LogP contribution >= 0.6 is 0 Å². The molecule has 1 nitrogen and oxygen atoms in total. The predicted octanol–water partition coefficient (Wildman–Crippen LogP) is 3.73. The van der Waals surface area contributed by atoms with Gasteiger partial charge in [-0.25, -0.2) is 0 Å². The fourth-order valence-corrected chi connectivity index (χ4v) is 3.92. The van der Waals surface area contributed by atoms with Crippen molar-refractivity contribution in [1.29, 1.82) is 0 Å². The summed E-state index contributed by atoms with van der Waals surface area (Å²) in [7, 11) is 0. The Hall–Kier alpha value is -0.820. The third-order valence-electron chi connectivity index (χ3n) is 4.86. The Balaban J connectivity index is 1.78. The summed E-state index contributed by atoms with van der Waals surface area (Å²) >= 11 is 0. The molecule has 92 valence electrons. The fraction of sp³-hybridized carbons (Fsp3) is 0.625. The molecule has 4 atom stereocenters. The van der Waals surface area contributed by atoms with Gasteiger partial charge in [0.15, 0.2) is 0 Å². The van der Waals surface area contributed by atoms with E-state index in [4.69, 9.17) is 0 Å². The Kier molecular flexibility index (Phi) is 3.19. The Morgan fingerprint density at radius 1 is 0.882 bits per heavy atom. The Morgan fingerprint density at radius 2 is 1.53 bits per heavy atom. The van der Waals surface area contributed by atoms with E-state index in [9.17, 15) is 5.11 Å². The maximum absolute atomic E-state index is 10.4. The maximum atomic E-state index is 10.4. The molecule has 0 radical (unpaired) electrons. The number of benzene rings is 1. The van der Waals surface area contributed by atoms with E-state index >= 15 is 0 Å². The summed E-state index contributed by atoms with van der Waals surface area (Å²) in [5.74, 6) is 2.06. The summed E-state index contributed by atoms with van der Waals surface area (Å²) in [5, 5.41) is 10.4. The zero-order valence-electron chi connectivity index (χ0n) is 10.4. The molecule has 2 aliphatic rings. The van der Waals surface area contributed by atoms with Crippen molar-refractivity contribution in [3.63, 3.8) is 0 Å². The summed E-state index contributed by atoms with van der Waals surface area (Å²) < 4.78 is 0. The molecule has 2 saturated carbocycles. The molecule has 3 rings (SSSR count). The molecule has 17 heavy (non-hydrogen) atoms. The Labute approximate surface area is 104 Å². The molecule has 0 saturated heterocycles. The highest BCUT2D eigenvalue weighted by atomic mass is 16.3. The zero-order valence-corrected chi connectivity index (χ0v) is 10.4. The lowest BCUT2D eigenvalue weighted by atomic mass is 9.65. The molecule has 2 aliphatic carbocycles. The SMILES string of the molecule is O[C@@H]1C[C@H]2CCCC[C@@H]2C[C@@H]1c1ccccc1. The van der Waals surface area contributed by atoms with Gasteiger partial charge in [-0.05, 0) is 30.2 Å². The van der Waals surface area contributed by atoms with Gasteiger partial charge in [0.05, 0.1) is 6.10 Å². The summed E-state index contributed by atoms with van der Waals surface area (Å²) in [6.07, 6.45) is 7.64. The van der Waals surface area contributed by atoms with E-state index < -0.39 is 0 Å². The first-order valence-corrected chi connectivity index (χ1v) is 7.07. The van der Waals surface area contributed by atoms with Crippen LogP contribution < -0.4 is 0 Å². The summed E-state index contributed by atoms with van der Waals surface area (Å²) in [6, 6.07) is 10.6. The van der Waals surface area contributed by atoms with Crippen molar-refractivity contribution in [2.45, 2.75) is 50.5 Å². The lowest BCUT2D eigenvalue weighted by Crippen LogP contribution is -2.35. The Morgan fingerprint density at radius 3 is 2.24 bits per heavy atom. The number of aliphatic hydroxyl groups is 1. The molecule has 0 heterocycles. The second-order valence-electron chi connectivity index (χ2n) is 5.86. The van der Waals surface area contributed by atoms with Gasteiger partial charge in [0, 0.05) is 5.92 Å². The second kappa shape index (κ2) is 4.81. The van der Waals surface area contributed by atoms with Crippen molar-refractivity contribution in [1.82, 2.24) is 0 Å². The van der Waals surface area contributed by atoms with Crippen molar-refractivity contribution in [3.8, 4) is 0 Å². The van der Waals surface area contributed by atoms with Crippen molar-refractivity contribution < 1.29 is 5.11 Å². The highest BCUT2D eigenvalue weighted by molar-refractivity contribution is 5.21. The van der Waals surface area contributed by atoms with E-state index in [1.807, 2.05) is 0 Å². The van der Waals surface area contributed by atoms with Crippen molar-refractivity contribution in [2.24, 2.45) is 11.8 Å². The monoisotopic (exact) mass is 230 g/mol. The van der Waals surface area contributed by atoms with Gasteiger partial charge < -0.3 is 5.11 Å². The summed E-state index contributed by atoms with van der Waals surface area (Å²) in [5.41, 5.74) is 1.34. The number of aliphatic hydroxyl groups excluding tert-OH is 1. The minimum Gasteiger partial charge on any atom is -0.392 e. The highest BCUT2D eigenvalue weighted by Gasteiger charge is 2.37. The minimum atomic E-state index is -0.114.